The van der Waals surface area contributed by atoms with Crippen molar-refractivity contribution in [1.29, 1.82) is 0 Å². The number of rotatable bonds is 6. The van der Waals surface area contributed by atoms with E-state index in [0.717, 1.165) is 5.56 Å². The van der Waals surface area contributed by atoms with E-state index in [9.17, 15) is 9.59 Å². The molecule has 114 valence electrons. The number of amides is 1. The Morgan fingerprint density at radius 3 is 2.18 bits per heavy atom. The van der Waals surface area contributed by atoms with Gasteiger partial charge in [-0.3, -0.25) is 4.79 Å². The first kappa shape index (κ1) is 15.8. The minimum Gasteiger partial charge on any atom is -0.450 e. The number of nitrogens with one attached hydrogen (secondary N) is 1. The molecule has 1 atom stereocenters. The van der Waals surface area contributed by atoms with Gasteiger partial charge in [-0.15, -0.1) is 0 Å². The van der Waals surface area contributed by atoms with Crippen LogP contribution in [0.1, 0.15) is 35.3 Å². The average molecular weight is 297 g/mol. The predicted octanol–water partition coefficient (Wildman–Crippen LogP) is 3.75. The van der Waals surface area contributed by atoms with Crippen molar-refractivity contribution in [2.45, 2.75) is 19.4 Å². The number of Topliss-reactive ketones (excluding diaryl/α,β-unsaturated/α-hetero) is 1. The van der Waals surface area contributed by atoms with Gasteiger partial charge in [0, 0.05) is 12.0 Å². The molecular weight excluding hydrogens is 278 g/mol. The summed E-state index contributed by atoms with van der Waals surface area (Å²) in [6.45, 7) is 2.03. The highest BCUT2D eigenvalue weighted by Crippen LogP contribution is 2.19. The van der Waals surface area contributed by atoms with Crippen molar-refractivity contribution in [2.75, 3.05) is 6.61 Å². The Hall–Kier alpha value is -2.62. The van der Waals surface area contributed by atoms with Crippen LogP contribution in [-0.2, 0) is 4.74 Å². The normalized spacial score (nSPS) is 11.5. The molecule has 0 heterocycles. The molecule has 0 saturated heterocycles. The summed E-state index contributed by atoms with van der Waals surface area (Å²) >= 11 is 0. The summed E-state index contributed by atoms with van der Waals surface area (Å²) in [6.07, 6.45) is -0.329. The van der Waals surface area contributed by atoms with E-state index in [1.54, 1.807) is 19.1 Å². The largest absolute Gasteiger partial charge is 0.450 e. The van der Waals surface area contributed by atoms with E-state index in [2.05, 4.69) is 5.32 Å². The third-order valence-corrected chi connectivity index (χ3v) is 3.25. The van der Waals surface area contributed by atoms with Crippen LogP contribution < -0.4 is 5.32 Å². The maximum atomic E-state index is 12.4. The summed E-state index contributed by atoms with van der Waals surface area (Å²) < 4.78 is 4.92. The van der Waals surface area contributed by atoms with Crippen molar-refractivity contribution < 1.29 is 14.3 Å². The van der Waals surface area contributed by atoms with E-state index in [1.807, 2.05) is 48.5 Å². The Labute approximate surface area is 130 Å². The minimum atomic E-state index is -0.516. The molecule has 2 aromatic carbocycles. The quantitative estimate of drug-likeness (QED) is 0.826. The van der Waals surface area contributed by atoms with E-state index < -0.39 is 12.1 Å². The van der Waals surface area contributed by atoms with Crippen molar-refractivity contribution in [1.82, 2.24) is 5.32 Å². The fourth-order valence-electron chi connectivity index (χ4n) is 2.18. The third kappa shape index (κ3) is 4.45. The standard InChI is InChI=1S/C18H19NO3/c1-2-22-18(21)19-16(14-9-5-3-6-10-14)13-17(20)15-11-7-4-8-12-15/h3-12,16H,2,13H2,1H3,(H,19,21)/t16-/m1/s1. The lowest BCUT2D eigenvalue weighted by Crippen LogP contribution is -2.30. The van der Waals surface area contributed by atoms with Crippen LogP contribution in [0, 0.1) is 0 Å². The second-order valence-corrected chi connectivity index (χ2v) is 4.82. The van der Waals surface area contributed by atoms with Crippen LogP contribution in [0.5, 0.6) is 0 Å². The van der Waals surface area contributed by atoms with Crippen molar-refractivity contribution in [3.05, 3.63) is 71.8 Å². The molecular formula is C18H19NO3. The number of hydrogen-bond acceptors (Lipinski definition) is 3. The molecule has 2 aromatic rings. The molecule has 4 heteroatoms. The molecule has 0 saturated carbocycles. The van der Waals surface area contributed by atoms with Crippen molar-refractivity contribution in [3.8, 4) is 0 Å². The SMILES string of the molecule is CCOC(=O)N[C@H](CC(=O)c1ccccc1)c1ccccc1. The monoisotopic (exact) mass is 297 g/mol. The van der Waals surface area contributed by atoms with Crippen molar-refractivity contribution >= 4 is 11.9 Å². The Balaban J connectivity index is 2.14. The molecule has 0 bridgehead atoms. The Morgan fingerprint density at radius 1 is 1.00 bits per heavy atom. The van der Waals surface area contributed by atoms with E-state index in [0.29, 0.717) is 12.2 Å². The molecule has 0 fully saturated rings. The number of alkyl carbamates (subject to hydrolysis) is 1. The maximum Gasteiger partial charge on any atom is 0.407 e. The number of hydrogen-bond donors (Lipinski definition) is 1. The zero-order valence-electron chi connectivity index (χ0n) is 12.5. The molecule has 2 rings (SSSR count). The lowest BCUT2D eigenvalue weighted by Gasteiger charge is -2.18. The van der Waals surface area contributed by atoms with Gasteiger partial charge in [-0.05, 0) is 12.5 Å². The van der Waals surface area contributed by atoms with Crippen LogP contribution in [0.15, 0.2) is 60.7 Å². The fourth-order valence-corrected chi connectivity index (χ4v) is 2.18. The molecule has 0 aliphatic carbocycles. The molecule has 4 nitrogen and oxygen atoms in total. The van der Waals surface area contributed by atoms with Gasteiger partial charge in [0.05, 0.1) is 12.6 Å². The molecule has 0 spiro atoms. The minimum absolute atomic E-state index is 0.0220. The summed E-state index contributed by atoms with van der Waals surface area (Å²) in [5.74, 6) is -0.0220. The van der Waals surface area contributed by atoms with Crippen molar-refractivity contribution in [3.63, 3.8) is 0 Å². The molecule has 0 aromatic heterocycles. The Morgan fingerprint density at radius 2 is 1.59 bits per heavy atom. The Bertz CT molecular complexity index is 611. The summed E-state index contributed by atoms with van der Waals surface area (Å²) in [5, 5.41) is 2.75. The summed E-state index contributed by atoms with van der Waals surface area (Å²) in [7, 11) is 0. The van der Waals surface area contributed by atoms with Crippen LogP contribution >= 0.6 is 0 Å². The van der Waals surface area contributed by atoms with Gasteiger partial charge in [0.2, 0.25) is 0 Å². The summed E-state index contributed by atoms with van der Waals surface area (Å²) in [6, 6.07) is 18.1. The number of carbonyl (C=O) groups excluding carboxylic acids is 2. The highest BCUT2D eigenvalue weighted by atomic mass is 16.5. The molecule has 1 N–H and O–H groups in total. The zero-order valence-corrected chi connectivity index (χ0v) is 12.5. The van der Waals surface area contributed by atoms with Gasteiger partial charge < -0.3 is 10.1 Å². The molecule has 22 heavy (non-hydrogen) atoms. The summed E-state index contributed by atoms with van der Waals surface area (Å²) in [5.41, 5.74) is 1.51. The zero-order chi connectivity index (χ0) is 15.8. The third-order valence-electron chi connectivity index (χ3n) is 3.25. The van der Waals surface area contributed by atoms with Crippen LogP contribution in [0.4, 0.5) is 4.79 Å². The topological polar surface area (TPSA) is 55.4 Å². The van der Waals surface area contributed by atoms with Gasteiger partial charge in [-0.2, -0.15) is 0 Å². The fraction of sp³-hybridized carbons (Fsp3) is 0.222. The van der Waals surface area contributed by atoms with Gasteiger partial charge in [0.1, 0.15) is 0 Å². The number of benzene rings is 2. The van der Waals surface area contributed by atoms with Crippen LogP contribution in [0.3, 0.4) is 0 Å². The second-order valence-electron chi connectivity index (χ2n) is 4.82. The lowest BCUT2D eigenvalue weighted by molar-refractivity contribution is 0.0965. The van der Waals surface area contributed by atoms with E-state index in [1.165, 1.54) is 0 Å². The number of ketones is 1. The maximum absolute atomic E-state index is 12.4. The molecule has 0 aliphatic rings. The average Bonchev–Trinajstić information content (AvgIpc) is 2.56. The van der Waals surface area contributed by atoms with Gasteiger partial charge in [-0.1, -0.05) is 60.7 Å². The van der Waals surface area contributed by atoms with E-state index >= 15 is 0 Å². The highest BCUT2D eigenvalue weighted by molar-refractivity contribution is 5.96. The van der Waals surface area contributed by atoms with Gasteiger partial charge in [0.25, 0.3) is 0 Å². The van der Waals surface area contributed by atoms with Crippen LogP contribution in [-0.4, -0.2) is 18.5 Å². The first-order chi connectivity index (χ1) is 10.7. The van der Waals surface area contributed by atoms with E-state index in [4.69, 9.17) is 4.74 Å². The first-order valence-electron chi connectivity index (χ1n) is 7.27. The predicted molar refractivity (Wildman–Crippen MR) is 84.7 cm³/mol. The van der Waals surface area contributed by atoms with Gasteiger partial charge in [0.15, 0.2) is 5.78 Å². The highest BCUT2D eigenvalue weighted by Gasteiger charge is 2.19. The Kier molecular flexibility index (Phi) is 5.72. The molecule has 0 aliphatic heterocycles. The van der Waals surface area contributed by atoms with Gasteiger partial charge in [-0.25, -0.2) is 4.79 Å². The smallest absolute Gasteiger partial charge is 0.407 e. The lowest BCUT2D eigenvalue weighted by atomic mass is 9.98. The van der Waals surface area contributed by atoms with Crippen LogP contribution in [0.2, 0.25) is 0 Å². The number of ether oxygens (including phenoxy) is 1. The van der Waals surface area contributed by atoms with Crippen molar-refractivity contribution in [2.24, 2.45) is 0 Å². The molecule has 0 radical (unpaired) electrons. The molecule has 0 unspecified atom stereocenters. The second kappa shape index (κ2) is 7.98. The van der Waals surface area contributed by atoms with Gasteiger partial charge >= 0.3 is 6.09 Å². The van der Waals surface area contributed by atoms with Crippen LogP contribution in [0.25, 0.3) is 0 Å². The molecule has 1 amide bonds. The van der Waals surface area contributed by atoms with E-state index in [-0.39, 0.29) is 12.2 Å². The summed E-state index contributed by atoms with van der Waals surface area (Å²) in [4.78, 5) is 24.1. The number of carbonyl (C=O) groups is 2. The first-order valence-corrected chi connectivity index (χ1v) is 7.27.